The Labute approximate surface area is 98.8 Å². The zero-order chi connectivity index (χ0) is 12.3. The smallest absolute Gasteiger partial charge is 0.245 e. The molecule has 1 fully saturated rings. The number of carbonyl (C=O) groups is 2. The van der Waals surface area contributed by atoms with E-state index in [-0.39, 0.29) is 18.4 Å². The molecule has 2 amide bonds. The van der Waals surface area contributed by atoms with E-state index in [1.54, 1.807) is 28.9 Å². The molecule has 2 N–H and O–H groups in total. The highest BCUT2D eigenvalue weighted by Gasteiger charge is 2.20. The van der Waals surface area contributed by atoms with Crippen molar-refractivity contribution in [2.24, 2.45) is 7.05 Å². The maximum atomic E-state index is 11.7. The van der Waals surface area contributed by atoms with Crippen molar-refractivity contribution in [2.75, 3.05) is 31.5 Å². The second-order valence-corrected chi connectivity index (χ2v) is 3.88. The number of nitrogens with zero attached hydrogens (tertiary/aromatic N) is 3. The molecule has 0 aromatic carbocycles. The summed E-state index contributed by atoms with van der Waals surface area (Å²) in [6, 6.07) is 1.71. The fourth-order valence-electron chi connectivity index (χ4n) is 1.67. The molecule has 0 atom stereocenters. The molecule has 0 radical (unpaired) electrons. The third kappa shape index (κ3) is 2.82. The van der Waals surface area contributed by atoms with Crippen LogP contribution in [0.1, 0.15) is 0 Å². The summed E-state index contributed by atoms with van der Waals surface area (Å²) in [5.74, 6) is 0.373. The van der Waals surface area contributed by atoms with E-state index in [1.165, 1.54) is 0 Å². The van der Waals surface area contributed by atoms with Gasteiger partial charge in [-0.25, -0.2) is 0 Å². The minimum atomic E-state index is -0.205. The minimum absolute atomic E-state index is 0.0450. The van der Waals surface area contributed by atoms with E-state index in [0.29, 0.717) is 18.9 Å². The van der Waals surface area contributed by atoms with E-state index >= 15 is 0 Å². The fourth-order valence-corrected chi connectivity index (χ4v) is 1.67. The second kappa shape index (κ2) is 4.96. The standard InChI is InChI=1S/C10H15N5O2/c1-14-8(2-3-12-14)13-9(16)7-15-5-4-11-6-10(15)17/h2-3,11H,4-7H2,1H3,(H,13,16). The number of aryl methyl sites for hydroxylation is 1. The van der Waals surface area contributed by atoms with Crippen LogP contribution in [0.2, 0.25) is 0 Å². The largest absolute Gasteiger partial charge is 0.331 e. The predicted molar refractivity (Wildman–Crippen MR) is 61.3 cm³/mol. The van der Waals surface area contributed by atoms with Crippen LogP contribution < -0.4 is 10.6 Å². The van der Waals surface area contributed by atoms with Gasteiger partial charge < -0.3 is 15.5 Å². The average Bonchev–Trinajstić information content (AvgIpc) is 2.68. The summed E-state index contributed by atoms with van der Waals surface area (Å²) < 4.78 is 1.57. The average molecular weight is 237 g/mol. The topological polar surface area (TPSA) is 79.3 Å². The van der Waals surface area contributed by atoms with Crippen LogP contribution in [0.25, 0.3) is 0 Å². The summed E-state index contributed by atoms with van der Waals surface area (Å²) >= 11 is 0. The van der Waals surface area contributed by atoms with Crippen molar-refractivity contribution in [3.8, 4) is 0 Å². The Hall–Kier alpha value is -1.89. The molecule has 1 aliphatic rings. The summed E-state index contributed by atoms with van der Waals surface area (Å²) in [6.45, 7) is 1.69. The highest BCUT2D eigenvalue weighted by molar-refractivity contribution is 5.94. The van der Waals surface area contributed by atoms with Crippen LogP contribution in [-0.2, 0) is 16.6 Å². The number of nitrogens with one attached hydrogen (secondary N) is 2. The number of hydrogen-bond acceptors (Lipinski definition) is 4. The summed E-state index contributed by atoms with van der Waals surface area (Å²) in [5.41, 5.74) is 0. The van der Waals surface area contributed by atoms with Gasteiger partial charge in [-0.05, 0) is 0 Å². The van der Waals surface area contributed by atoms with E-state index in [1.807, 2.05) is 0 Å². The van der Waals surface area contributed by atoms with Crippen LogP contribution >= 0.6 is 0 Å². The van der Waals surface area contributed by atoms with Crippen molar-refractivity contribution in [3.05, 3.63) is 12.3 Å². The lowest BCUT2D eigenvalue weighted by molar-refractivity contribution is -0.135. The first-order chi connectivity index (χ1) is 8.16. The Balaban J connectivity index is 1.89. The van der Waals surface area contributed by atoms with Crippen LogP contribution in [0.3, 0.4) is 0 Å². The van der Waals surface area contributed by atoms with E-state index in [2.05, 4.69) is 15.7 Å². The molecule has 0 spiro atoms. The van der Waals surface area contributed by atoms with Crippen LogP contribution in [-0.4, -0.2) is 52.7 Å². The molecule has 1 aromatic heterocycles. The van der Waals surface area contributed by atoms with Gasteiger partial charge in [-0.15, -0.1) is 0 Å². The highest BCUT2D eigenvalue weighted by Crippen LogP contribution is 2.03. The molecule has 17 heavy (non-hydrogen) atoms. The van der Waals surface area contributed by atoms with E-state index in [9.17, 15) is 9.59 Å². The van der Waals surface area contributed by atoms with Gasteiger partial charge in [-0.1, -0.05) is 0 Å². The number of amides is 2. The molecule has 1 saturated heterocycles. The lowest BCUT2D eigenvalue weighted by Crippen LogP contribution is -2.50. The number of piperazine rings is 1. The van der Waals surface area contributed by atoms with Gasteiger partial charge in [-0.3, -0.25) is 14.3 Å². The van der Waals surface area contributed by atoms with Crippen molar-refractivity contribution in [3.63, 3.8) is 0 Å². The van der Waals surface area contributed by atoms with E-state index in [0.717, 1.165) is 6.54 Å². The molecule has 0 bridgehead atoms. The Morgan fingerprint density at radius 3 is 3.12 bits per heavy atom. The van der Waals surface area contributed by atoms with Crippen molar-refractivity contribution < 1.29 is 9.59 Å². The van der Waals surface area contributed by atoms with Gasteiger partial charge in [0.1, 0.15) is 5.82 Å². The Morgan fingerprint density at radius 2 is 2.47 bits per heavy atom. The van der Waals surface area contributed by atoms with E-state index < -0.39 is 0 Å². The summed E-state index contributed by atoms with van der Waals surface area (Å²) in [7, 11) is 1.74. The van der Waals surface area contributed by atoms with Gasteiger partial charge in [0.2, 0.25) is 11.8 Å². The maximum absolute atomic E-state index is 11.7. The summed E-state index contributed by atoms with van der Waals surface area (Å²) in [4.78, 5) is 24.7. The predicted octanol–water partition coefficient (Wildman–Crippen LogP) is -1.21. The molecular weight excluding hydrogens is 222 g/mol. The molecule has 92 valence electrons. The molecular formula is C10H15N5O2. The molecule has 7 nitrogen and oxygen atoms in total. The number of rotatable bonds is 3. The first kappa shape index (κ1) is 11.6. The fraction of sp³-hybridized carbons (Fsp3) is 0.500. The van der Waals surface area contributed by atoms with Crippen LogP contribution in [0, 0.1) is 0 Å². The van der Waals surface area contributed by atoms with Crippen molar-refractivity contribution in [2.45, 2.75) is 0 Å². The molecule has 2 heterocycles. The highest BCUT2D eigenvalue weighted by atomic mass is 16.2. The minimum Gasteiger partial charge on any atom is -0.331 e. The van der Waals surface area contributed by atoms with Gasteiger partial charge in [0, 0.05) is 26.2 Å². The lowest BCUT2D eigenvalue weighted by atomic mass is 10.3. The number of carbonyl (C=O) groups excluding carboxylic acids is 2. The zero-order valence-electron chi connectivity index (χ0n) is 9.64. The monoisotopic (exact) mass is 237 g/mol. The maximum Gasteiger partial charge on any atom is 0.245 e. The van der Waals surface area contributed by atoms with Gasteiger partial charge in [0.05, 0.1) is 19.3 Å². The molecule has 0 saturated carbocycles. The summed E-state index contributed by atoms with van der Waals surface area (Å²) in [6.07, 6.45) is 1.60. The van der Waals surface area contributed by atoms with E-state index in [4.69, 9.17) is 0 Å². The first-order valence-corrected chi connectivity index (χ1v) is 5.43. The molecule has 2 rings (SSSR count). The lowest BCUT2D eigenvalue weighted by Gasteiger charge is -2.26. The molecule has 0 aliphatic carbocycles. The molecule has 1 aliphatic heterocycles. The normalized spacial score (nSPS) is 16.1. The van der Waals surface area contributed by atoms with Crippen molar-refractivity contribution >= 4 is 17.6 Å². The zero-order valence-corrected chi connectivity index (χ0v) is 9.64. The Kier molecular flexibility index (Phi) is 3.38. The van der Waals surface area contributed by atoms with Crippen LogP contribution in [0.4, 0.5) is 5.82 Å². The van der Waals surface area contributed by atoms with Crippen molar-refractivity contribution in [1.29, 1.82) is 0 Å². The second-order valence-electron chi connectivity index (χ2n) is 3.88. The Morgan fingerprint density at radius 1 is 1.65 bits per heavy atom. The van der Waals surface area contributed by atoms with Gasteiger partial charge >= 0.3 is 0 Å². The number of hydrogen-bond donors (Lipinski definition) is 2. The quantitative estimate of drug-likeness (QED) is 0.691. The molecule has 0 unspecified atom stereocenters. The third-order valence-corrected chi connectivity index (χ3v) is 2.61. The number of anilines is 1. The third-order valence-electron chi connectivity index (χ3n) is 2.61. The van der Waals surface area contributed by atoms with Crippen LogP contribution in [0.5, 0.6) is 0 Å². The van der Waals surface area contributed by atoms with Gasteiger partial charge in [0.15, 0.2) is 0 Å². The van der Waals surface area contributed by atoms with Gasteiger partial charge in [-0.2, -0.15) is 5.10 Å². The SMILES string of the molecule is Cn1nccc1NC(=O)CN1CCNCC1=O. The Bertz CT molecular complexity index is 428. The first-order valence-electron chi connectivity index (χ1n) is 5.43. The van der Waals surface area contributed by atoms with Gasteiger partial charge in [0.25, 0.3) is 0 Å². The van der Waals surface area contributed by atoms with Crippen LogP contribution in [0.15, 0.2) is 12.3 Å². The van der Waals surface area contributed by atoms with Crippen molar-refractivity contribution in [1.82, 2.24) is 20.0 Å². The molecule has 7 heteroatoms. The summed E-state index contributed by atoms with van der Waals surface area (Å²) in [5, 5.41) is 9.60. The number of aromatic nitrogens is 2. The molecule has 1 aromatic rings.